The van der Waals surface area contributed by atoms with Gasteiger partial charge in [-0.25, -0.2) is 4.99 Å². The first-order valence-corrected chi connectivity index (χ1v) is 3.36. The smallest absolute Gasteiger partial charge is 0.270 e. The lowest BCUT2D eigenvalue weighted by molar-refractivity contribution is -0.113. The third kappa shape index (κ3) is 0.852. The van der Waals surface area contributed by atoms with E-state index in [0.717, 1.165) is 0 Å². The number of hydrogen-bond acceptors (Lipinski definition) is 3. The second-order valence-corrected chi connectivity index (χ2v) is 2.35. The summed E-state index contributed by atoms with van der Waals surface area (Å²) in [6.07, 6.45) is 4.92. The van der Waals surface area contributed by atoms with Gasteiger partial charge in [0.25, 0.3) is 5.91 Å². The van der Waals surface area contributed by atoms with Crippen LogP contribution in [0.4, 0.5) is 0 Å². The van der Waals surface area contributed by atoms with Crippen LogP contribution in [0.5, 0.6) is 0 Å². The topological polar surface area (TPSA) is 58.9 Å². The number of fused-ring (bicyclic) bond motifs is 1. The third-order valence-electron chi connectivity index (χ3n) is 1.59. The molecule has 2 aliphatic rings. The molecule has 0 saturated heterocycles. The summed E-state index contributed by atoms with van der Waals surface area (Å²) in [5, 5.41) is 0. The van der Waals surface area contributed by atoms with Crippen molar-refractivity contribution < 1.29 is 9.59 Å². The molecule has 0 aliphatic carbocycles. The van der Waals surface area contributed by atoms with Crippen molar-refractivity contribution in [3.05, 3.63) is 23.9 Å². The van der Waals surface area contributed by atoms with Crippen molar-refractivity contribution in [2.24, 2.45) is 9.98 Å². The number of carbonyl (C=O) groups excluding carboxylic acids is 2. The Morgan fingerprint density at radius 1 is 1.33 bits per heavy atom. The van der Waals surface area contributed by atoms with Crippen LogP contribution >= 0.6 is 0 Å². The van der Waals surface area contributed by atoms with Gasteiger partial charge in [0.15, 0.2) is 6.29 Å². The molecule has 0 atom stereocenters. The lowest BCUT2D eigenvalue weighted by atomic mass is 10.1. The Balaban J connectivity index is 2.48. The summed E-state index contributed by atoms with van der Waals surface area (Å²) < 4.78 is 0. The lowest BCUT2D eigenvalue weighted by Crippen LogP contribution is -2.17. The SMILES string of the molecule is O=CC1=CN=C2C=CC(=O)N=C12. The van der Waals surface area contributed by atoms with E-state index in [4.69, 9.17) is 0 Å². The van der Waals surface area contributed by atoms with Gasteiger partial charge in [-0.05, 0) is 6.08 Å². The van der Waals surface area contributed by atoms with Crippen LogP contribution in [-0.2, 0) is 9.59 Å². The summed E-state index contributed by atoms with van der Waals surface area (Å²) in [7, 11) is 0. The van der Waals surface area contributed by atoms with Crippen molar-refractivity contribution in [3.63, 3.8) is 0 Å². The van der Waals surface area contributed by atoms with E-state index < -0.39 is 0 Å². The molecule has 2 heterocycles. The standard InChI is InChI=1S/C8H4N2O2/c11-4-5-3-9-6-1-2-7(12)10-8(5)6/h1-4H. The quantitative estimate of drug-likeness (QED) is 0.509. The van der Waals surface area contributed by atoms with Gasteiger partial charge in [0.05, 0.1) is 11.3 Å². The first-order valence-electron chi connectivity index (χ1n) is 3.36. The highest BCUT2D eigenvalue weighted by molar-refractivity contribution is 6.59. The number of dihydropyridines is 1. The fourth-order valence-electron chi connectivity index (χ4n) is 1.04. The van der Waals surface area contributed by atoms with Crippen LogP contribution in [-0.4, -0.2) is 23.6 Å². The van der Waals surface area contributed by atoms with Gasteiger partial charge in [-0.1, -0.05) is 0 Å². The van der Waals surface area contributed by atoms with Crippen LogP contribution in [0.3, 0.4) is 0 Å². The average molecular weight is 160 g/mol. The third-order valence-corrected chi connectivity index (χ3v) is 1.59. The van der Waals surface area contributed by atoms with Crippen LogP contribution in [0.25, 0.3) is 0 Å². The van der Waals surface area contributed by atoms with E-state index in [0.29, 0.717) is 23.3 Å². The lowest BCUT2D eigenvalue weighted by Gasteiger charge is -2.01. The Morgan fingerprint density at radius 3 is 2.92 bits per heavy atom. The Morgan fingerprint density at radius 2 is 2.17 bits per heavy atom. The molecule has 0 unspecified atom stereocenters. The van der Waals surface area contributed by atoms with Gasteiger partial charge in [0.1, 0.15) is 5.71 Å². The molecule has 0 aromatic heterocycles. The maximum absolute atomic E-state index is 10.8. The van der Waals surface area contributed by atoms with E-state index in [9.17, 15) is 9.59 Å². The highest BCUT2D eigenvalue weighted by Crippen LogP contribution is 2.11. The van der Waals surface area contributed by atoms with Crippen LogP contribution < -0.4 is 0 Å². The molecule has 0 bridgehead atoms. The number of aliphatic imine (C=N–C) groups is 2. The Labute approximate surface area is 68.0 Å². The summed E-state index contributed by atoms with van der Waals surface area (Å²) in [6.45, 7) is 0. The zero-order valence-corrected chi connectivity index (χ0v) is 6.02. The van der Waals surface area contributed by atoms with E-state index in [-0.39, 0.29) is 5.91 Å². The van der Waals surface area contributed by atoms with Crippen molar-refractivity contribution in [1.82, 2.24) is 0 Å². The Kier molecular flexibility index (Phi) is 1.33. The van der Waals surface area contributed by atoms with Gasteiger partial charge >= 0.3 is 0 Å². The molecule has 4 heteroatoms. The minimum absolute atomic E-state index is 0.349. The number of hydrogen-bond donors (Lipinski definition) is 0. The molecule has 0 radical (unpaired) electrons. The molecule has 4 nitrogen and oxygen atoms in total. The monoisotopic (exact) mass is 160 g/mol. The van der Waals surface area contributed by atoms with E-state index in [2.05, 4.69) is 9.98 Å². The molecule has 0 aromatic rings. The van der Waals surface area contributed by atoms with Gasteiger partial charge in [0.2, 0.25) is 0 Å². The van der Waals surface area contributed by atoms with E-state index in [1.54, 1.807) is 6.08 Å². The minimum atomic E-state index is -0.349. The molecule has 2 rings (SSSR count). The summed E-state index contributed by atoms with van der Waals surface area (Å²) in [6, 6.07) is 0. The number of aldehydes is 1. The highest BCUT2D eigenvalue weighted by atomic mass is 16.1. The predicted octanol–water partition coefficient (Wildman–Crippen LogP) is 0.0612. The largest absolute Gasteiger partial charge is 0.298 e. The first-order chi connectivity index (χ1) is 5.81. The van der Waals surface area contributed by atoms with Crippen LogP contribution in [0, 0.1) is 0 Å². The number of amides is 1. The fourth-order valence-corrected chi connectivity index (χ4v) is 1.04. The minimum Gasteiger partial charge on any atom is -0.298 e. The van der Waals surface area contributed by atoms with Crippen molar-refractivity contribution in [2.45, 2.75) is 0 Å². The Bertz CT molecular complexity index is 372. The molecule has 2 aliphatic heterocycles. The van der Waals surface area contributed by atoms with Crippen LogP contribution in [0.15, 0.2) is 33.9 Å². The predicted molar refractivity (Wildman–Crippen MR) is 43.2 cm³/mol. The summed E-state index contributed by atoms with van der Waals surface area (Å²) in [5.74, 6) is -0.349. The maximum Gasteiger partial charge on any atom is 0.270 e. The van der Waals surface area contributed by atoms with Crippen LogP contribution in [0.1, 0.15) is 0 Å². The van der Waals surface area contributed by atoms with E-state index >= 15 is 0 Å². The maximum atomic E-state index is 10.8. The average Bonchev–Trinajstić information content (AvgIpc) is 2.46. The molecule has 0 saturated carbocycles. The van der Waals surface area contributed by atoms with Gasteiger partial charge in [-0.3, -0.25) is 14.6 Å². The zero-order valence-electron chi connectivity index (χ0n) is 6.02. The van der Waals surface area contributed by atoms with Crippen molar-refractivity contribution in [3.8, 4) is 0 Å². The molecule has 0 aromatic carbocycles. The second kappa shape index (κ2) is 2.34. The summed E-state index contributed by atoms with van der Waals surface area (Å²) >= 11 is 0. The molecule has 0 N–H and O–H groups in total. The normalized spacial score (nSPS) is 19.7. The summed E-state index contributed by atoms with van der Waals surface area (Å²) in [4.78, 5) is 28.8. The van der Waals surface area contributed by atoms with Crippen LogP contribution in [0.2, 0.25) is 0 Å². The van der Waals surface area contributed by atoms with E-state index in [1.807, 2.05) is 0 Å². The van der Waals surface area contributed by atoms with E-state index in [1.165, 1.54) is 12.3 Å². The molecule has 0 spiro atoms. The number of rotatable bonds is 1. The summed E-state index contributed by atoms with van der Waals surface area (Å²) in [5.41, 5.74) is 1.33. The number of carbonyl (C=O) groups is 2. The zero-order chi connectivity index (χ0) is 8.55. The Hall–Kier alpha value is -1.84. The highest BCUT2D eigenvalue weighted by Gasteiger charge is 2.20. The first kappa shape index (κ1) is 6.84. The number of nitrogens with zero attached hydrogens (tertiary/aromatic N) is 2. The van der Waals surface area contributed by atoms with Crippen molar-refractivity contribution in [1.29, 1.82) is 0 Å². The van der Waals surface area contributed by atoms with Crippen molar-refractivity contribution in [2.75, 3.05) is 0 Å². The molecule has 12 heavy (non-hydrogen) atoms. The van der Waals surface area contributed by atoms with Gasteiger partial charge < -0.3 is 0 Å². The molecular formula is C8H4N2O2. The van der Waals surface area contributed by atoms with Gasteiger partial charge in [-0.15, -0.1) is 0 Å². The van der Waals surface area contributed by atoms with Crippen molar-refractivity contribution >= 4 is 23.6 Å². The molecule has 58 valence electrons. The molecule has 1 amide bonds. The fraction of sp³-hybridized carbons (Fsp3) is 0. The van der Waals surface area contributed by atoms with Gasteiger partial charge in [-0.2, -0.15) is 0 Å². The second-order valence-electron chi connectivity index (χ2n) is 2.35. The number of allylic oxidation sites excluding steroid dienone is 2. The molecular weight excluding hydrogens is 156 g/mol. The van der Waals surface area contributed by atoms with Gasteiger partial charge in [0, 0.05) is 12.3 Å². The molecule has 0 fully saturated rings.